The second kappa shape index (κ2) is 4.41. The molecular weight excluding hydrogens is 212 g/mol. The molecule has 0 saturated carbocycles. The highest BCUT2D eigenvalue weighted by Crippen LogP contribution is 2.31. The Balaban J connectivity index is 2.40. The fourth-order valence-corrected chi connectivity index (χ4v) is 2.10. The van der Waals surface area contributed by atoms with Crippen molar-refractivity contribution in [3.63, 3.8) is 0 Å². The van der Waals surface area contributed by atoms with E-state index in [1.54, 1.807) is 0 Å². The predicted molar refractivity (Wildman–Crippen MR) is 72.6 cm³/mol. The second-order valence-corrected chi connectivity index (χ2v) is 5.02. The lowest BCUT2D eigenvalue weighted by molar-refractivity contribution is 0.462. The number of likely N-dealkylation sites (N-methyl/N-ethyl adjacent to an activating group) is 2. The van der Waals surface area contributed by atoms with E-state index in [2.05, 4.69) is 37.2 Å². The minimum atomic E-state index is 0.0431. The third-order valence-corrected chi connectivity index (χ3v) is 3.34. The molecule has 0 spiro atoms. The van der Waals surface area contributed by atoms with E-state index in [1.807, 2.05) is 31.5 Å². The van der Waals surface area contributed by atoms with Gasteiger partial charge >= 0.3 is 0 Å². The topological polar surface area (TPSA) is 28.4 Å². The average molecular weight is 232 g/mol. The van der Waals surface area contributed by atoms with Gasteiger partial charge < -0.3 is 14.6 Å². The van der Waals surface area contributed by atoms with Gasteiger partial charge in [0.1, 0.15) is 11.8 Å². The number of anilines is 1. The number of furan rings is 1. The van der Waals surface area contributed by atoms with E-state index in [1.165, 1.54) is 5.39 Å². The van der Waals surface area contributed by atoms with Crippen LogP contribution in [0.5, 0.6) is 0 Å². The van der Waals surface area contributed by atoms with Gasteiger partial charge in [0.05, 0.1) is 5.69 Å². The number of fused-ring (bicyclic) bond motifs is 1. The Morgan fingerprint density at radius 3 is 2.71 bits per heavy atom. The molecule has 3 heteroatoms. The lowest BCUT2D eigenvalue weighted by Crippen LogP contribution is -2.48. The van der Waals surface area contributed by atoms with E-state index in [0.29, 0.717) is 0 Å². The molecule has 2 rings (SSSR count). The van der Waals surface area contributed by atoms with Crippen molar-refractivity contribution in [2.45, 2.75) is 19.4 Å². The minimum Gasteiger partial charge on any atom is -0.462 e. The molecule has 17 heavy (non-hydrogen) atoms. The first-order valence-electron chi connectivity index (χ1n) is 5.91. The Labute approximate surface area is 102 Å². The molecule has 1 N–H and O–H groups in total. The van der Waals surface area contributed by atoms with Crippen molar-refractivity contribution in [2.24, 2.45) is 0 Å². The van der Waals surface area contributed by atoms with Crippen molar-refractivity contribution >= 4 is 16.7 Å². The highest BCUT2D eigenvalue weighted by atomic mass is 16.3. The largest absolute Gasteiger partial charge is 0.462 e. The Bertz CT molecular complexity index is 502. The zero-order chi connectivity index (χ0) is 12.5. The standard InChI is InChI=1S/C14H20N2O/c1-14(2,10-15-3)16(4)12-9-17-13-8-6-5-7-11(12)13/h5-9,15H,10H2,1-4H3. The number of nitrogens with one attached hydrogen (secondary N) is 1. The Kier molecular flexibility index (Phi) is 3.11. The van der Waals surface area contributed by atoms with Crippen molar-refractivity contribution in [1.82, 2.24) is 5.32 Å². The Hall–Kier alpha value is -1.48. The highest BCUT2D eigenvalue weighted by molar-refractivity contribution is 5.91. The van der Waals surface area contributed by atoms with Crippen LogP contribution >= 0.6 is 0 Å². The quantitative estimate of drug-likeness (QED) is 0.878. The molecule has 1 aromatic heterocycles. The van der Waals surface area contributed by atoms with Gasteiger partial charge in [-0.1, -0.05) is 12.1 Å². The Morgan fingerprint density at radius 2 is 2.00 bits per heavy atom. The molecule has 0 aliphatic heterocycles. The number of para-hydroxylation sites is 1. The zero-order valence-corrected chi connectivity index (χ0v) is 10.9. The Morgan fingerprint density at radius 1 is 1.29 bits per heavy atom. The van der Waals surface area contributed by atoms with Gasteiger partial charge in [0, 0.05) is 24.5 Å². The maximum absolute atomic E-state index is 5.58. The summed E-state index contributed by atoms with van der Waals surface area (Å²) < 4.78 is 5.58. The third kappa shape index (κ3) is 2.15. The number of nitrogens with zero attached hydrogens (tertiary/aromatic N) is 1. The van der Waals surface area contributed by atoms with Gasteiger partial charge in [-0.2, -0.15) is 0 Å². The summed E-state index contributed by atoms with van der Waals surface area (Å²) in [6.07, 6.45) is 1.84. The SMILES string of the molecule is CNCC(C)(C)N(C)c1coc2ccccc12. The molecule has 0 aliphatic carbocycles. The first-order valence-corrected chi connectivity index (χ1v) is 5.91. The normalized spacial score (nSPS) is 12.0. The van der Waals surface area contributed by atoms with Crippen LogP contribution in [0.25, 0.3) is 11.0 Å². The van der Waals surface area contributed by atoms with E-state index < -0.39 is 0 Å². The van der Waals surface area contributed by atoms with Gasteiger partial charge in [0.25, 0.3) is 0 Å². The van der Waals surface area contributed by atoms with Crippen LogP contribution in [0.4, 0.5) is 5.69 Å². The molecule has 0 bridgehead atoms. The van der Waals surface area contributed by atoms with E-state index in [4.69, 9.17) is 4.42 Å². The first-order chi connectivity index (χ1) is 8.06. The summed E-state index contributed by atoms with van der Waals surface area (Å²) in [7, 11) is 4.08. The van der Waals surface area contributed by atoms with Crippen molar-refractivity contribution < 1.29 is 4.42 Å². The van der Waals surface area contributed by atoms with Crippen LogP contribution < -0.4 is 10.2 Å². The molecule has 0 saturated heterocycles. The molecule has 92 valence electrons. The van der Waals surface area contributed by atoms with Crippen LogP contribution in [0.2, 0.25) is 0 Å². The summed E-state index contributed by atoms with van der Waals surface area (Å²) in [4.78, 5) is 2.26. The molecule has 0 fully saturated rings. The van der Waals surface area contributed by atoms with Crippen molar-refractivity contribution in [3.8, 4) is 0 Å². The van der Waals surface area contributed by atoms with Crippen LogP contribution in [-0.4, -0.2) is 26.2 Å². The molecule has 1 aromatic carbocycles. The number of hydrogen-bond acceptors (Lipinski definition) is 3. The molecule has 0 aliphatic rings. The molecule has 0 amide bonds. The molecule has 2 aromatic rings. The minimum absolute atomic E-state index is 0.0431. The van der Waals surface area contributed by atoms with Gasteiger partial charge in [-0.25, -0.2) is 0 Å². The van der Waals surface area contributed by atoms with Gasteiger partial charge in [-0.05, 0) is 33.0 Å². The fraction of sp³-hybridized carbons (Fsp3) is 0.429. The summed E-state index contributed by atoms with van der Waals surface area (Å²) in [5, 5.41) is 4.39. The van der Waals surface area contributed by atoms with Gasteiger partial charge in [0.15, 0.2) is 0 Å². The summed E-state index contributed by atoms with van der Waals surface area (Å²) in [6.45, 7) is 5.35. The zero-order valence-electron chi connectivity index (χ0n) is 10.9. The smallest absolute Gasteiger partial charge is 0.136 e. The highest BCUT2D eigenvalue weighted by Gasteiger charge is 2.25. The van der Waals surface area contributed by atoms with Crippen LogP contribution in [0, 0.1) is 0 Å². The van der Waals surface area contributed by atoms with Crippen LogP contribution in [0.3, 0.4) is 0 Å². The molecule has 3 nitrogen and oxygen atoms in total. The van der Waals surface area contributed by atoms with E-state index >= 15 is 0 Å². The summed E-state index contributed by atoms with van der Waals surface area (Å²) in [6, 6.07) is 8.13. The molecule has 0 radical (unpaired) electrons. The summed E-state index contributed by atoms with van der Waals surface area (Å²) >= 11 is 0. The first kappa shape index (κ1) is 12.0. The summed E-state index contributed by atoms with van der Waals surface area (Å²) in [5.74, 6) is 0. The van der Waals surface area contributed by atoms with E-state index in [-0.39, 0.29) is 5.54 Å². The van der Waals surface area contributed by atoms with Crippen molar-refractivity contribution in [1.29, 1.82) is 0 Å². The van der Waals surface area contributed by atoms with Crippen molar-refractivity contribution in [2.75, 3.05) is 25.5 Å². The number of benzene rings is 1. The second-order valence-electron chi connectivity index (χ2n) is 5.02. The maximum Gasteiger partial charge on any atom is 0.136 e. The molecule has 0 unspecified atom stereocenters. The lowest BCUT2D eigenvalue weighted by atomic mass is 10.0. The maximum atomic E-state index is 5.58. The number of rotatable bonds is 4. The van der Waals surface area contributed by atoms with Gasteiger partial charge in [0.2, 0.25) is 0 Å². The van der Waals surface area contributed by atoms with Crippen LogP contribution in [0.1, 0.15) is 13.8 Å². The van der Waals surface area contributed by atoms with E-state index in [9.17, 15) is 0 Å². The van der Waals surface area contributed by atoms with E-state index in [0.717, 1.165) is 17.8 Å². The summed E-state index contributed by atoms with van der Waals surface area (Å²) in [5.41, 5.74) is 2.12. The van der Waals surface area contributed by atoms with Crippen molar-refractivity contribution in [3.05, 3.63) is 30.5 Å². The molecule has 0 atom stereocenters. The van der Waals surface area contributed by atoms with Gasteiger partial charge in [-0.15, -0.1) is 0 Å². The average Bonchev–Trinajstić information content (AvgIpc) is 2.71. The fourth-order valence-electron chi connectivity index (χ4n) is 2.10. The molecule has 1 heterocycles. The monoisotopic (exact) mass is 232 g/mol. The lowest BCUT2D eigenvalue weighted by Gasteiger charge is -2.36. The molecular formula is C14H20N2O. The predicted octanol–water partition coefficient (Wildman–Crippen LogP) is 2.87. The van der Waals surface area contributed by atoms with Gasteiger partial charge in [-0.3, -0.25) is 0 Å². The van der Waals surface area contributed by atoms with Crippen LogP contribution in [-0.2, 0) is 0 Å². The van der Waals surface area contributed by atoms with Crippen LogP contribution in [0.15, 0.2) is 34.9 Å². The third-order valence-electron chi connectivity index (χ3n) is 3.34. The number of hydrogen-bond donors (Lipinski definition) is 1.